The molecule has 2 N–H and O–H groups in total. The molecule has 2 aromatic rings. The summed E-state index contributed by atoms with van der Waals surface area (Å²) in [4.78, 5) is 12.0. The van der Waals surface area contributed by atoms with E-state index in [1.807, 2.05) is 45.0 Å². The predicted molar refractivity (Wildman–Crippen MR) is 99.1 cm³/mol. The summed E-state index contributed by atoms with van der Waals surface area (Å²) in [5.41, 5.74) is 6.21. The lowest BCUT2D eigenvalue weighted by Crippen LogP contribution is -2.25. The number of carbonyl (C=O) groups is 1. The Morgan fingerprint density at radius 3 is 2.58 bits per heavy atom. The Morgan fingerprint density at radius 1 is 1.29 bits per heavy atom. The number of hydrogen-bond acceptors (Lipinski definition) is 2. The minimum absolute atomic E-state index is 0.369. The van der Waals surface area contributed by atoms with Crippen LogP contribution in [0.5, 0.6) is 0 Å². The fourth-order valence-corrected chi connectivity index (χ4v) is 2.86. The maximum Gasteiger partial charge on any atom is 0.339 e. The van der Waals surface area contributed by atoms with Gasteiger partial charge in [-0.3, -0.25) is 0 Å². The molecule has 0 saturated heterocycles. The molecule has 2 amide bonds. The highest BCUT2D eigenvalue weighted by Gasteiger charge is 2.08. The van der Waals surface area contributed by atoms with Crippen LogP contribution in [0.4, 0.5) is 14.9 Å². The van der Waals surface area contributed by atoms with Gasteiger partial charge in [0.1, 0.15) is 5.82 Å². The molecule has 0 spiro atoms. The van der Waals surface area contributed by atoms with Gasteiger partial charge in [-0.15, -0.1) is 0 Å². The molecule has 126 valence electrons. The van der Waals surface area contributed by atoms with Gasteiger partial charge in [0, 0.05) is 15.7 Å². The van der Waals surface area contributed by atoms with Crippen molar-refractivity contribution in [2.75, 3.05) is 5.32 Å². The van der Waals surface area contributed by atoms with Gasteiger partial charge in [-0.2, -0.15) is 5.10 Å². The molecule has 0 radical (unpaired) electrons. The van der Waals surface area contributed by atoms with Gasteiger partial charge in [-0.1, -0.05) is 41.1 Å². The van der Waals surface area contributed by atoms with E-state index in [0.717, 1.165) is 22.4 Å². The van der Waals surface area contributed by atoms with Crippen LogP contribution in [0.1, 0.15) is 29.2 Å². The molecule has 0 aliphatic rings. The number of rotatable bonds is 4. The van der Waals surface area contributed by atoms with Gasteiger partial charge in [0.25, 0.3) is 0 Å². The molecule has 24 heavy (non-hydrogen) atoms. The maximum absolute atomic E-state index is 14.0. The van der Waals surface area contributed by atoms with Crippen molar-refractivity contribution in [1.29, 1.82) is 0 Å². The Morgan fingerprint density at radius 2 is 1.96 bits per heavy atom. The number of nitrogens with one attached hydrogen (secondary N) is 2. The first kappa shape index (κ1) is 18.1. The van der Waals surface area contributed by atoms with Crippen LogP contribution in [-0.4, -0.2) is 12.2 Å². The van der Waals surface area contributed by atoms with Crippen LogP contribution in [0.25, 0.3) is 0 Å². The van der Waals surface area contributed by atoms with E-state index in [4.69, 9.17) is 0 Å². The largest absolute Gasteiger partial charge is 0.339 e. The lowest BCUT2D eigenvalue weighted by molar-refractivity contribution is 0.252. The van der Waals surface area contributed by atoms with Gasteiger partial charge in [-0.25, -0.2) is 14.6 Å². The summed E-state index contributed by atoms with van der Waals surface area (Å²) in [5.74, 6) is -0.387. The molecular weight excluding hydrogens is 373 g/mol. The Labute approximate surface area is 149 Å². The quantitative estimate of drug-likeness (QED) is 0.563. The first-order valence-corrected chi connectivity index (χ1v) is 8.35. The molecule has 0 atom stereocenters. The molecule has 0 aliphatic heterocycles. The summed E-state index contributed by atoms with van der Waals surface area (Å²) in [6.07, 6.45) is 1.98. The zero-order valence-electron chi connectivity index (χ0n) is 13.8. The normalized spacial score (nSPS) is 10.9. The van der Waals surface area contributed by atoms with Gasteiger partial charge in [0.2, 0.25) is 0 Å². The number of urea groups is 1. The third kappa shape index (κ3) is 4.41. The second-order valence-electron chi connectivity index (χ2n) is 5.40. The maximum atomic E-state index is 14.0. The van der Waals surface area contributed by atoms with Crippen molar-refractivity contribution in [2.24, 2.45) is 5.10 Å². The van der Waals surface area contributed by atoms with E-state index in [-0.39, 0.29) is 5.82 Å². The third-order valence-corrected chi connectivity index (χ3v) is 4.10. The number of amides is 2. The lowest BCUT2D eigenvalue weighted by Gasteiger charge is -2.10. The van der Waals surface area contributed by atoms with Gasteiger partial charge in [-0.05, 0) is 49.1 Å². The van der Waals surface area contributed by atoms with Gasteiger partial charge in [0.15, 0.2) is 0 Å². The lowest BCUT2D eigenvalue weighted by atomic mass is 10.1. The molecule has 0 heterocycles. The third-order valence-electron chi connectivity index (χ3n) is 3.64. The fraction of sp³-hybridized carbons (Fsp3) is 0.222. The molecule has 0 saturated carbocycles. The Balaban J connectivity index is 2.08. The van der Waals surface area contributed by atoms with E-state index in [2.05, 4.69) is 31.8 Å². The second kappa shape index (κ2) is 8.06. The smallest absolute Gasteiger partial charge is 0.306 e. The van der Waals surface area contributed by atoms with Gasteiger partial charge >= 0.3 is 6.03 Å². The van der Waals surface area contributed by atoms with Crippen molar-refractivity contribution in [3.05, 3.63) is 62.9 Å². The van der Waals surface area contributed by atoms with Crippen LogP contribution in [0.2, 0.25) is 0 Å². The minimum atomic E-state index is -0.473. The number of benzene rings is 2. The van der Waals surface area contributed by atoms with Crippen LogP contribution in [0.15, 0.2) is 39.9 Å². The average molecular weight is 392 g/mol. The summed E-state index contributed by atoms with van der Waals surface area (Å²) in [6.45, 7) is 5.76. The monoisotopic (exact) mass is 391 g/mol. The van der Waals surface area contributed by atoms with Crippen LogP contribution in [0.3, 0.4) is 0 Å². The number of halogens is 2. The number of aryl methyl sites for hydroxylation is 3. The fourth-order valence-electron chi connectivity index (χ4n) is 2.38. The summed E-state index contributed by atoms with van der Waals surface area (Å²) in [6, 6.07) is 8.49. The minimum Gasteiger partial charge on any atom is -0.306 e. The van der Waals surface area contributed by atoms with Crippen molar-refractivity contribution in [2.45, 2.75) is 27.2 Å². The van der Waals surface area contributed by atoms with E-state index in [9.17, 15) is 9.18 Å². The molecule has 0 unspecified atom stereocenters. The number of carbonyl (C=O) groups excluding carboxylic acids is 1. The standard InChI is InChI=1S/C18H19BrFN3O/c1-4-13-8-14(19)9-16(20)15(13)10-21-23-18(24)22-17-11(2)6-5-7-12(17)3/h5-10H,4H2,1-3H3,(H2,22,23,24)/b21-10+. The molecule has 2 aromatic carbocycles. The molecule has 0 aliphatic carbocycles. The van der Waals surface area contributed by atoms with Crippen molar-refractivity contribution >= 4 is 33.9 Å². The van der Waals surface area contributed by atoms with Crippen LogP contribution >= 0.6 is 15.9 Å². The Hall–Kier alpha value is -2.21. The highest BCUT2D eigenvalue weighted by atomic mass is 79.9. The Bertz CT molecular complexity index is 770. The highest BCUT2D eigenvalue weighted by Crippen LogP contribution is 2.20. The van der Waals surface area contributed by atoms with E-state index < -0.39 is 6.03 Å². The number of para-hydroxylation sites is 1. The zero-order chi connectivity index (χ0) is 17.7. The zero-order valence-corrected chi connectivity index (χ0v) is 15.4. The predicted octanol–water partition coefficient (Wildman–Crippen LogP) is 4.92. The summed E-state index contributed by atoms with van der Waals surface area (Å²) >= 11 is 3.27. The van der Waals surface area contributed by atoms with Crippen molar-refractivity contribution in [3.8, 4) is 0 Å². The van der Waals surface area contributed by atoms with Crippen molar-refractivity contribution in [1.82, 2.24) is 5.43 Å². The van der Waals surface area contributed by atoms with E-state index >= 15 is 0 Å². The molecule has 0 bridgehead atoms. The van der Waals surface area contributed by atoms with Gasteiger partial charge < -0.3 is 5.32 Å². The topological polar surface area (TPSA) is 53.5 Å². The first-order chi connectivity index (χ1) is 11.4. The van der Waals surface area contributed by atoms with E-state index in [1.54, 1.807) is 0 Å². The summed E-state index contributed by atoms with van der Waals surface area (Å²) in [7, 11) is 0. The van der Waals surface area contributed by atoms with Crippen molar-refractivity contribution < 1.29 is 9.18 Å². The van der Waals surface area contributed by atoms with E-state index in [1.165, 1.54) is 12.3 Å². The number of anilines is 1. The van der Waals surface area contributed by atoms with Crippen molar-refractivity contribution in [3.63, 3.8) is 0 Å². The molecule has 0 fully saturated rings. The second-order valence-corrected chi connectivity index (χ2v) is 6.32. The average Bonchev–Trinajstić information content (AvgIpc) is 2.52. The number of hydrazone groups is 1. The Kier molecular flexibility index (Phi) is 6.09. The van der Waals surface area contributed by atoms with Crippen LogP contribution in [-0.2, 0) is 6.42 Å². The molecule has 2 rings (SSSR count). The first-order valence-electron chi connectivity index (χ1n) is 7.56. The SMILES string of the molecule is CCc1cc(Br)cc(F)c1/C=N/NC(=O)Nc1c(C)cccc1C. The molecular formula is C18H19BrFN3O. The van der Waals surface area contributed by atoms with Crippen LogP contribution < -0.4 is 10.7 Å². The highest BCUT2D eigenvalue weighted by molar-refractivity contribution is 9.10. The molecule has 4 nitrogen and oxygen atoms in total. The number of nitrogens with zero attached hydrogens (tertiary/aromatic N) is 1. The molecule has 0 aromatic heterocycles. The number of hydrogen-bond donors (Lipinski definition) is 2. The van der Waals surface area contributed by atoms with Crippen LogP contribution in [0, 0.1) is 19.7 Å². The molecule has 6 heteroatoms. The van der Waals surface area contributed by atoms with Gasteiger partial charge in [0.05, 0.1) is 6.21 Å². The van der Waals surface area contributed by atoms with E-state index in [0.29, 0.717) is 16.5 Å². The summed E-state index contributed by atoms with van der Waals surface area (Å²) < 4.78 is 14.7. The summed E-state index contributed by atoms with van der Waals surface area (Å²) in [5, 5.41) is 6.61.